The molecule has 2 heterocycles. The quantitative estimate of drug-likeness (QED) is 0.715. The molecule has 25 heavy (non-hydrogen) atoms. The van der Waals surface area contributed by atoms with Crippen molar-refractivity contribution >= 4 is 5.91 Å². The zero-order chi connectivity index (χ0) is 18.4. The Morgan fingerprint density at radius 3 is 2.32 bits per heavy atom. The first-order chi connectivity index (χ1) is 11.6. The second-order valence-electron chi connectivity index (χ2n) is 5.54. The molecule has 9 heteroatoms. The van der Waals surface area contributed by atoms with Gasteiger partial charge in [-0.25, -0.2) is 0 Å². The van der Waals surface area contributed by atoms with E-state index in [0.29, 0.717) is 16.0 Å². The molecule has 1 amide bonds. The van der Waals surface area contributed by atoms with Crippen molar-refractivity contribution in [3.63, 3.8) is 0 Å². The third-order valence-corrected chi connectivity index (χ3v) is 3.85. The van der Waals surface area contributed by atoms with Gasteiger partial charge in [0.2, 0.25) is 0 Å². The third kappa shape index (κ3) is 3.31. The van der Waals surface area contributed by atoms with Crippen molar-refractivity contribution in [1.82, 2.24) is 9.88 Å². The van der Waals surface area contributed by atoms with E-state index in [1.807, 2.05) is 0 Å². The van der Waals surface area contributed by atoms with E-state index in [-0.39, 0.29) is 24.2 Å². The highest BCUT2D eigenvalue weighted by Crippen LogP contribution is 2.37. The molecule has 3 nitrogen and oxygen atoms in total. The van der Waals surface area contributed by atoms with Crippen molar-refractivity contribution in [1.29, 1.82) is 0 Å². The molecule has 0 radical (unpaired) electrons. The number of amides is 1. The molecule has 0 N–H and O–H groups in total. The van der Waals surface area contributed by atoms with Crippen molar-refractivity contribution in [2.75, 3.05) is 0 Å². The number of benzene rings is 1. The first kappa shape index (κ1) is 17.2. The Hall–Kier alpha value is -2.58. The maximum Gasteiger partial charge on any atom is 0.471 e. The molecule has 1 aromatic heterocycles. The lowest BCUT2D eigenvalue weighted by Crippen LogP contribution is -2.37. The van der Waals surface area contributed by atoms with Crippen LogP contribution in [0.25, 0.3) is 11.1 Å². The van der Waals surface area contributed by atoms with E-state index < -0.39 is 24.0 Å². The molecule has 1 aromatic carbocycles. The van der Waals surface area contributed by atoms with E-state index in [1.165, 1.54) is 30.3 Å². The number of fused-ring (bicyclic) bond motifs is 1. The number of carbonyl (C=O) groups excluding carboxylic acids is 1. The van der Waals surface area contributed by atoms with Gasteiger partial charge in [0.1, 0.15) is 0 Å². The normalized spacial score (nSPS) is 14.6. The predicted molar refractivity (Wildman–Crippen MR) is 75.0 cm³/mol. The summed E-state index contributed by atoms with van der Waals surface area (Å²) < 4.78 is 76.8. The molecule has 0 saturated carbocycles. The largest absolute Gasteiger partial charge is 0.471 e. The average Bonchev–Trinajstić information content (AvgIpc) is 2.95. The van der Waals surface area contributed by atoms with Gasteiger partial charge in [-0.05, 0) is 28.8 Å². The smallest absolute Gasteiger partial charge is 0.326 e. The zero-order valence-corrected chi connectivity index (χ0v) is 12.4. The van der Waals surface area contributed by atoms with E-state index in [2.05, 4.69) is 4.98 Å². The summed E-state index contributed by atoms with van der Waals surface area (Å²) in [5.74, 6) is -1.97. The van der Waals surface area contributed by atoms with Crippen molar-refractivity contribution in [2.45, 2.75) is 25.4 Å². The highest BCUT2D eigenvalue weighted by Gasteiger charge is 2.44. The van der Waals surface area contributed by atoms with E-state index in [4.69, 9.17) is 0 Å². The molecule has 0 aliphatic carbocycles. The molecule has 2 aromatic rings. The van der Waals surface area contributed by atoms with Gasteiger partial charge in [-0.3, -0.25) is 9.78 Å². The van der Waals surface area contributed by atoms with Crippen LogP contribution in [0.15, 0.2) is 36.5 Å². The summed E-state index contributed by atoms with van der Waals surface area (Å²) in [4.78, 5) is 15.3. The van der Waals surface area contributed by atoms with E-state index in [9.17, 15) is 31.1 Å². The summed E-state index contributed by atoms with van der Waals surface area (Å²) in [6.45, 7) is -0.531. The third-order valence-electron chi connectivity index (χ3n) is 3.85. The van der Waals surface area contributed by atoms with Gasteiger partial charge in [0.25, 0.3) is 0 Å². The van der Waals surface area contributed by atoms with Gasteiger partial charge in [-0.1, -0.05) is 18.2 Å². The summed E-state index contributed by atoms with van der Waals surface area (Å²) in [7, 11) is 0. The van der Waals surface area contributed by atoms with E-state index in [0.717, 1.165) is 6.20 Å². The lowest BCUT2D eigenvalue weighted by molar-refractivity contribution is -0.186. The minimum Gasteiger partial charge on any atom is -0.326 e. The average molecular weight is 360 g/mol. The SMILES string of the molecule is O=C(N1Cc2ccc(-c3cccnc3C(F)(F)F)cc2C1)C(F)(F)F. The summed E-state index contributed by atoms with van der Waals surface area (Å²) >= 11 is 0. The number of halogens is 6. The fourth-order valence-corrected chi connectivity index (χ4v) is 2.75. The number of alkyl halides is 6. The van der Waals surface area contributed by atoms with Gasteiger partial charge in [0.15, 0.2) is 5.69 Å². The molecule has 0 fully saturated rings. The lowest BCUT2D eigenvalue weighted by atomic mass is 9.99. The lowest BCUT2D eigenvalue weighted by Gasteiger charge is -2.16. The number of hydrogen-bond acceptors (Lipinski definition) is 2. The van der Waals surface area contributed by atoms with Crippen LogP contribution >= 0.6 is 0 Å². The first-order valence-electron chi connectivity index (χ1n) is 7.08. The highest BCUT2D eigenvalue weighted by atomic mass is 19.4. The molecule has 0 saturated heterocycles. The van der Waals surface area contributed by atoms with Gasteiger partial charge in [0, 0.05) is 24.8 Å². The summed E-state index contributed by atoms with van der Waals surface area (Å²) in [5.41, 5.74) is -0.207. The van der Waals surface area contributed by atoms with Crippen LogP contribution in [0.2, 0.25) is 0 Å². The standard InChI is InChI=1S/C16H10F6N2O/c17-15(18,19)13-12(2-1-5-23-13)9-3-4-10-7-24(8-11(10)6-9)14(25)16(20,21)22/h1-6H,7-8H2. The van der Waals surface area contributed by atoms with Gasteiger partial charge >= 0.3 is 18.3 Å². The molecular formula is C16H10F6N2O. The Labute approximate surface area is 137 Å². The molecule has 132 valence electrons. The second kappa shape index (κ2) is 5.75. The van der Waals surface area contributed by atoms with Crippen LogP contribution in [0.1, 0.15) is 16.8 Å². The van der Waals surface area contributed by atoms with Crippen LogP contribution in [-0.4, -0.2) is 22.0 Å². The van der Waals surface area contributed by atoms with Crippen LogP contribution in [-0.2, 0) is 24.1 Å². The molecule has 1 aliphatic heterocycles. The number of hydrogen-bond donors (Lipinski definition) is 0. The van der Waals surface area contributed by atoms with Crippen molar-refractivity contribution in [2.24, 2.45) is 0 Å². The number of carbonyl (C=O) groups is 1. The van der Waals surface area contributed by atoms with Crippen LogP contribution < -0.4 is 0 Å². The maximum atomic E-state index is 13.1. The summed E-state index contributed by atoms with van der Waals surface area (Å²) in [5, 5.41) is 0. The van der Waals surface area contributed by atoms with Gasteiger partial charge < -0.3 is 4.90 Å². The summed E-state index contributed by atoms with van der Waals surface area (Å²) in [6, 6.07) is 6.77. The Morgan fingerprint density at radius 2 is 1.68 bits per heavy atom. The Bertz CT molecular complexity index is 828. The van der Waals surface area contributed by atoms with Crippen molar-refractivity contribution in [3.05, 3.63) is 53.3 Å². The second-order valence-corrected chi connectivity index (χ2v) is 5.54. The van der Waals surface area contributed by atoms with Gasteiger partial charge in [0.05, 0.1) is 0 Å². The van der Waals surface area contributed by atoms with Crippen LogP contribution in [0.5, 0.6) is 0 Å². The predicted octanol–water partition coefficient (Wildman–Crippen LogP) is 4.17. The highest BCUT2D eigenvalue weighted by molar-refractivity contribution is 5.82. The maximum absolute atomic E-state index is 13.1. The fraction of sp³-hybridized carbons (Fsp3) is 0.250. The van der Waals surface area contributed by atoms with Crippen molar-refractivity contribution < 1.29 is 31.1 Å². The first-order valence-corrected chi connectivity index (χ1v) is 7.08. The van der Waals surface area contributed by atoms with Gasteiger partial charge in [-0.2, -0.15) is 26.3 Å². The molecule has 3 rings (SSSR count). The number of nitrogens with zero attached hydrogens (tertiary/aromatic N) is 2. The minimum atomic E-state index is -4.99. The molecule has 0 spiro atoms. The molecule has 0 bridgehead atoms. The number of pyridine rings is 1. The molecule has 1 aliphatic rings. The topological polar surface area (TPSA) is 33.2 Å². The number of rotatable bonds is 1. The van der Waals surface area contributed by atoms with Crippen LogP contribution in [0.4, 0.5) is 26.3 Å². The Morgan fingerprint density at radius 1 is 1.00 bits per heavy atom. The molecule has 0 unspecified atom stereocenters. The zero-order valence-electron chi connectivity index (χ0n) is 12.4. The van der Waals surface area contributed by atoms with Crippen LogP contribution in [0, 0.1) is 0 Å². The number of aromatic nitrogens is 1. The van der Waals surface area contributed by atoms with Crippen LogP contribution in [0.3, 0.4) is 0 Å². The minimum absolute atomic E-state index is 0.168. The monoisotopic (exact) mass is 360 g/mol. The summed E-state index contributed by atoms with van der Waals surface area (Å²) in [6.07, 6.45) is -8.63. The molecular weight excluding hydrogens is 350 g/mol. The van der Waals surface area contributed by atoms with Gasteiger partial charge in [-0.15, -0.1) is 0 Å². The Kier molecular flexibility index (Phi) is 3.97. The fourth-order valence-electron chi connectivity index (χ4n) is 2.75. The Balaban J connectivity index is 1.95. The van der Waals surface area contributed by atoms with E-state index >= 15 is 0 Å². The van der Waals surface area contributed by atoms with Crippen molar-refractivity contribution in [3.8, 4) is 11.1 Å². The van der Waals surface area contributed by atoms with E-state index in [1.54, 1.807) is 0 Å². The molecule has 0 atom stereocenters.